The molecule has 0 unspecified atom stereocenters. The number of benzene rings is 3. The van der Waals surface area contributed by atoms with Crippen molar-refractivity contribution in [1.82, 2.24) is 0 Å². The Morgan fingerprint density at radius 2 is 1.79 bits per heavy atom. The average molecular weight is 431 g/mol. The average Bonchev–Trinajstić information content (AvgIpc) is 2.71. The summed E-state index contributed by atoms with van der Waals surface area (Å²) < 4.78 is 0. The highest BCUT2D eigenvalue weighted by Gasteiger charge is 2.10. The molecule has 3 N–H and O–H groups in total. The van der Waals surface area contributed by atoms with Gasteiger partial charge in [0.15, 0.2) is 0 Å². The highest BCUT2D eigenvalue weighted by Crippen LogP contribution is 2.34. The Kier molecular flexibility index (Phi) is 6.98. The molecule has 0 aliphatic rings. The molecule has 0 aromatic heterocycles. The van der Waals surface area contributed by atoms with Crippen molar-refractivity contribution in [3.05, 3.63) is 86.9 Å². The summed E-state index contributed by atoms with van der Waals surface area (Å²) in [5.41, 5.74) is 2.43. The molecule has 0 radical (unpaired) electrons. The van der Waals surface area contributed by atoms with E-state index in [4.69, 9.17) is 16.7 Å². The third-order valence-corrected chi connectivity index (χ3v) is 5.67. The smallest absolute Gasteiger partial charge is 0.269 e. The summed E-state index contributed by atoms with van der Waals surface area (Å²) in [7, 11) is 0. The highest BCUT2D eigenvalue weighted by molar-refractivity contribution is 7.99. The number of nitrogens with zero attached hydrogens (tertiary/aromatic N) is 1. The van der Waals surface area contributed by atoms with Crippen LogP contribution < -0.4 is 5.32 Å². The van der Waals surface area contributed by atoms with E-state index in [9.17, 15) is 15.2 Å². The molecule has 150 valence electrons. The molecule has 3 aromatic carbocycles. The van der Waals surface area contributed by atoms with Crippen LogP contribution in [0.5, 0.6) is 5.75 Å². The van der Waals surface area contributed by atoms with Crippen LogP contribution in [0, 0.1) is 10.1 Å². The number of phenolic OH excluding ortho intramolecular Hbond substituents is 1. The lowest BCUT2D eigenvalue weighted by Gasteiger charge is -2.13. The SMILES string of the molecule is O=[N+]([O-])c1ccc(Sc2ccccc2CNc2cc(Cl)c(O)c(CCO)c2)cc1. The lowest BCUT2D eigenvalue weighted by atomic mass is 10.1. The van der Waals surface area contributed by atoms with Crippen LogP contribution in [0.1, 0.15) is 11.1 Å². The van der Waals surface area contributed by atoms with Crippen LogP contribution in [0.15, 0.2) is 70.5 Å². The third kappa shape index (κ3) is 5.41. The summed E-state index contributed by atoms with van der Waals surface area (Å²) in [6.45, 7) is 0.442. The van der Waals surface area contributed by atoms with E-state index < -0.39 is 4.92 Å². The number of halogens is 1. The fourth-order valence-electron chi connectivity index (χ4n) is 2.78. The molecule has 29 heavy (non-hydrogen) atoms. The van der Waals surface area contributed by atoms with E-state index in [1.807, 2.05) is 24.3 Å². The zero-order chi connectivity index (χ0) is 20.8. The summed E-state index contributed by atoms with van der Waals surface area (Å²) in [5, 5.41) is 33.5. The van der Waals surface area contributed by atoms with Gasteiger partial charge in [-0.05, 0) is 47.9 Å². The van der Waals surface area contributed by atoms with Gasteiger partial charge < -0.3 is 15.5 Å². The van der Waals surface area contributed by atoms with Crippen molar-refractivity contribution in [2.24, 2.45) is 0 Å². The Hall–Kier alpha value is -2.74. The predicted molar refractivity (Wildman–Crippen MR) is 115 cm³/mol. The molecule has 0 saturated heterocycles. The molecule has 3 rings (SSSR count). The van der Waals surface area contributed by atoms with Gasteiger partial charge in [0.2, 0.25) is 0 Å². The zero-order valence-corrected chi connectivity index (χ0v) is 16.9. The molecular weight excluding hydrogens is 412 g/mol. The second-order valence-electron chi connectivity index (χ2n) is 6.25. The highest BCUT2D eigenvalue weighted by atomic mass is 35.5. The van der Waals surface area contributed by atoms with E-state index in [0.29, 0.717) is 18.5 Å². The summed E-state index contributed by atoms with van der Waals surface area (Å²) in [6, 6.07) is 17.7. The van der Waals surface area contributed by atoms with E-state index in [1.54, 1.807) is 24.3 Å². The fourth-order valence-corrected chi connectivity index (χ4v) is 3.96. The van der Waals surface area contributed by atoms with Gasteiger partial charge in [0.05, 0.1) is 9.95 Å². The van der Waals surface area contributed by atoms with Crippen LogP contribution in [0.25, 0.3) is 0 Å². The maximum atomic E-state index is 10.8. The van der Waals surface area contributed by atoms with Gasteiger partial charge in [-0.3, -0.25) is 10.1 Å². The Bertz CT molecular complexity index is 1010. The van der Waals surface area contributed by atoms with Crippen molar-refractivity contribution >= 4 is 34.7 Å². The molecule has 0 amide bonds. The number of rotatable bonds is 8. The van der Waals surface area contributed by atoms with Gasteiger partial charge in [-0.25, -0.2) is 0 Å². The quantitative estimate of drug-likeness (QED) is 0.256. The molecule has 0 aliphatic carbocycles. The van der Waals surface area contributed by atoms with E-state index in [2.05, 4.69) is 5.32 Å². The minimum absolute atomic E-state index is 0.0135. The second kappa shape index (κ2) is 9.65. The number of anilines is 1. The summed E-state index contributed by atoms with van der Waals surface area (Å²) >= 11 is 7.61. The monoisotopic (exact) mass is 430 g/mol. The van der Waals surface area contributed by atoms with Gasteiger partial charge in [0, 0.05) is 40.8 Å². The molecule has 6 nitrogen and oxygen atoms in total. The van der Waals surface area contributed by atoms with E-state index in [0.717, 1.165) is 21.0 Å². The molecule has 0 fully saturated rings. The Balaban J connectivity index is 1.75. The Labute approximate surface area is 177 Å². The molecule has 0 saturated carbocycles. The largest absolute Gasteiger partial charge is 0.506 e. The second-order valence-corrected chi connectivity index (χ2v) is 7.78. The molecule has 3 aromatic rings. The Morgan fingerprint density at radius 1 is 1.07 bits per heavy atom. The lowest BCUT2D eigenvalue weighted by molar-refractivity contribution is -0.384. The molecule has 0 aliphatic heterocycles. The maximum Gasteiger partial charge on any atom is 0.269 e. The fraction of sp³-hybridized carbons (Fsp3) is 0.143. The van der Waals surface area contributed by atoms with E-state index >= 15 is 0 Å². The number of hydrogen-bond acceptors (Lipinski definition) is 6. The first-order valence-corrected chi connectivity index (χ1v) is 10.0. The summed E-state index contributed by atoms with van der Waals surface area (Å²) in [6.07, 6.45) is 0.313. The molecule has 0 atom stereocenters. The van der Waals surface area contributed by atoms with Gasteiger partial charge in [0.25, 0.3) is 5.69 Å². The summed E-state index contributed by atoms with van der Waals surface area (Å²) in [5.74, 6) is -0.0135. The number of nitro groups is 1. The van der Waals surface area contributed by atoms with Gasteiger partial charge >= 0.3 is 0 Å². The maximum absolute atomic E-state index is 10.8. The van der Waals surface area contributed by atoms with Crippen molar-refractivity contribution in [1.29, 1.82) is 0 Å². The van der Waals surface area contributed by atoms with Crippen LogP contribution in [0.3, 0.4) is 0 Å². The van der Waals surface area contributed by atoms with E-state index in [1.165, 1.54) is 23.9 Å². The van der Waals surface area contributed by atoms with Gasteiger partial charge in [-0.2, -0.15) is 0 Å². The molecular formula is C21H19ClN2O4S. The van der Waals surface area contributed by atoms with Crippen molar-refractivity contribution in [2.45, 2.75) is 22.8 Å². The standard InChI is InChI=1S/C21H19ClN2O4S/c22-19-12-16(11-14(9-10-25)21(19)26)23-13-15-3-1-2-4-20(15)29-18-7-5-17(6-8-18)24(27)28/h1-8,11-12,23,25-26H,9-10,13H2. The van der Waals surface area contributed by atoms with E-state index in [-0.39, 0.29) is 23.1 Å². The minimum Gasteiger partial charge on any atom is -0.506 e. The lowest BCUT2D eigenvalue weighted by Crippen LogP contribution is -2.02. The zero-order valence-electron chi connectivity index (χ0n) is 15.3. The number of aliphatic hydroxyl groups is 1. The minimum atomic E-state index is -0.417. The van der Waals surface area contributed by atoms with Gasteiger partial charge in [-0.1, -0.05) is 41.6 Å². The topological polar surface area (TPSA) is 95.6 Å². The number of phenols is 1. The van der Waals surface area contributed by atoms with Crippen LogP contribution in [-0.2, 0) is 13.0 Å². The third-order valence-electron chi connectivity index (χ3n) is 4.25. The molecule has 0 heterocycles. The van der Waals surface area contributed by atoms with Gasteiger partial charge in [-0.15, -0.1) is 0 Å². The van der Waals surface area contributed by atoms with Gasteiger partial charge in [0.1, 0.15) is 5.75 Å². The van der Waals surface area contributed by atoms with Crippen LogP contribution in [0.2, 0.25) is 5.02 Å². The molecule has 0 bridgehead atoms. The first kappa shape index (κ1) is 21.0. The van der Waals surface area contributed by atoms with Crippen LogP contribution >= 0.6 is 23.4 Å². The van der Waals surface area contributed by atoms with Crippen LogP contribution in [-0.4, -0.2) is 21.7 Å². The normalized spacial score (nSPS) is 10.7. The van der Waals surface area contributed by atoms with Crippen LogP contribution in [0.4, 0.5) is 11.4 Å². The van der Waals surface area contributed by atoms with Crippen molar-refractivity contribution < 1.29 is 15.1 Å². The summed E-state index contributed by atoms with van der Waals surface area (Å²) in [4.78, 5) is 12.3. The number of aliphatic hydroxyl groups excluding tert-OH is 1. The number of non-ortho nitro benzene ring substituents is 1. The number of nitro benzene ring substituents is 1. The molecule has 0 spiro atoms. The molecule has 8 heteroatoms. The number of aromatic hydroxyl groups is 1. The van der Waals surface area contributed by atoms with Crippen molar-refractivity contribution in [3.8, 4) is 5.75 Å². The predicted octanol–water partition coefficient (Wildman–Crippen LogP) is 5.25. The number of nitrogens with one attached hydrogen (secondary N) is 1. The first-order valence-electron chi connectivity index (χ1n) is 8.84. The van der Waals surface area contributed by atoms with Crippen molar-refractivity contribution in [3.63, 3.8) is 0 Å². The first-order chi connectivity index (χ1) is 14.0. The van der Waals surface area contributed by atoms with Crippen molar-refractivity contribution in [2.75, 3.05) is 11.9 Å². The number of hydrogen-bond donors (Lipinski definition) is 3. The Morgan fingerprint density at radius 3 is 2.48 bits per heavy atom.